The van der Waals surface area contributed by atoms with Gasteiger partial charge < -0.3 is 10.0 Å². The highest BCUT2D eigenvalue weighted by molar-refractivity contribution is 5.97. The number of carboxylic acids is 1. The van der Waals surface area contributed by atoms with Crippen molar-refractivity contribution in [3.8, 4) is 0 Å². The highest BCUT2D eigenvalue weighted by Crippen LogP contribution is 2.12. The van der Waals surface area contributed by atoms with Crippen molar-refractivity contribution < 1.29 is 14.7 Å². The molecule has 0 spiro atoms. The average molecular weight is 235 g/mol. The van der Waals surface area contributed by atoms with Gasteiger partial charge in [0.15, 0.2) is 0 Å². The largest absolute Gasteiger partial charge is 0.478 e. The molecule has 0 aliphatic carbocycles. The first-order chi connectivity index (χ1) is 7.95. The number of rotatable bonds is 4. The monoisotopic (exact) mass is 235 g/mol. The van der Waals surface area contributed by atoms with Crippen molar-refractivity contribution in [2.45, 2.75) is 20.3 Å². The van der Waals surface area contributed by atoms with Crippen LogP contribution in [-0.4, -0.2) is 35.5 Å². The SMILES string of the molecule is CCCN(C)C(=O)c1cc(C)cc(C(=O)O)c1. The van der Waals surface area contributed by atoms with E-state index in [0.717, 1.165) is 12.0 Å². The zero-order valence-corrected chi connectivity index (χ0v) is 10.4. The molecule has 0 saturated carbocycles. The number of aryl methyl sites for hydroxylation is 1. The summed E-state index contributed by atoms with van der Waals surface area (Å²) in [6.45, 7) is 4.43. The number of carbonyl (C=O) groups excluding carboxylic acids is 1. The van der Waals surface area contributed by atoms with E-state index in [4.69, 9.17) is 5.11 Å². The Bertz CT molecular complexity index is 440. The van der Waals surface area contributed by atoms with E-state index in [9.17, 15) is 9.59 Å². The third-order valence-corrected chi connectivity index (χ3v) is 2.48. The topological polar surface area (TPSA) is 57.6 Å². The van der Waals surface area contributed by atoms with Crippen LogP contribution >= 0.6 is 0 Å². The molecular formula is C13H17NO3. The minimum absolute atomic E-state index is 0.141. The van der Waals surface area contributed by atoms with Crippen LogP contribution in [0.1, 0.15) is 39.6 Å². The van der Waals surface area contributed by atoms with Gasteiger partial charge in [-0.05, 0) is 37.1 Å². The molecule has 1 N–H and O–H groups in total. The molecular weight excluding hydrogens is 218 g/mol. The maximum atomic E-state index is 12.0. The number of amides is 1. The Morgan fingerprint density at radius 2 is 1.82 bits per heavy atom. The summed E-state index contributed by atoms with van der Waals surface area (Å²) in [7, 11) is 1.72. The molecule has 0 unspecified atom stereocenters. The predicted octanol–water partition coefficient (Wildman–Crippen LogP) is 2.18. The highest BCUT2D eigenvalue weighted by atomic mass is 16.4. The summed E-state index contributed by atoms with van der Waals surface area (Å²) in [5, 5.41) is 8.93. The molecule has 4 nitrogen and oxygen atoms in total. The Morgan fingerprint density at radius 3 is 2.35 bits per heavy atom. The molecule has 1 amide bonds. The van der Waals surface area contributed by atoms with Crippen LogP contribution in [0.2, 0.25) is 0 Å². The Labute approximate surface area is 101 Å². The van der Waals surface area contributed by atoms with E-state index in [-0.39, 0.29) is 11.5 Å². The molecule has 4 heteroatoms. The lowest BCUT2D eigenvalue weighted by molar-refractivity contribution is 0.0696. The fourth-order valence-corrected chi connectivity index (χ4v) is 1.69. The zero-order valence-electron chi connectivity index (χ0n) is 10.4. The van der Waals surface area contributed by atoms with Crippen LogP contribution in [0.25, 0.3) is 0 Å². The molecule has 0 bridgehead atoms. The van der Waals surface area contributed by atoms with Crippen LogP contribution in [-0.2, 0) is 0 Å². The summed E-state index contributed by atoms with van der Waals surface area (Å²) in [5.74, 6) is -1.15. The molecule has 1 rings (SSSR count). The summed E-state index contributed by atoms with van der Waals surface area (Å²) in [4.78, 5) is 24.5. The standard InChI is InChI=1S/C13H17NO3/c1-4-5-14(3)12(15)10-6-9(2)7-11(8-10)13(16)17/h6-8H,4-5H2,1-3H3,(H,16,17). The first-order valence-corrected chi connectivity index (χ1v) is 5.56. The van der Waals surface area contributed by atoms with E-state index >= 15 is 0 Å². The molecule has 0 saturated heterocycles. The molecule has 0 radical (unpaired) electrons. The summed E-state index contributed by atoms with van der Waals surface area (Å²) in [6.07, 6.45) is 0.875. The number of carbonyl (C=O) groups is 2. The maximum absolute atomic E-state index is 12.0. The number of nitrogens with zero attached hydrogens (tertiary/aromatic N) is 1. The van der Waals surface area contributed by atoms with Gasteiger partial charge in [-0.3, -0.25) is 4.79 Å². The van der Waals surface area contributed by atoms with Crippen molar-refractivity contribution in [3.63, 3.8) is 0 Å². The lowest BCUT2D eigenvalue weighted by atomic mass is 10.1. The quantitative estimate of drug-likeness (QED) is 0.870. The molecule has 0 fully saturated rings. The van der Waals surface area contributed by atoms with Crippen molar-refractivity contribution in [3.05, 3.63) is 34.9 Å². The molecule has 0 aliphatic rings. The summed E-state index contributed by atoms with van der Waals surface area (Å²) in [5.41, 5.74) is 1.36. The molecule has 1 aromatic carbocycles. The maximum Gasteiger partial charge on any atom is 0.335 e. The average Bonchev–Trinajstić information content (AvgIpc) is 2.27. The molecule has 0 atom stereocenters. The first-order valence-electron chi connectivity index (χ1n) is 5.56. The second-order valence-electron chi connectivity index (χ2n) is 4.12. The number of hydrogen-bond donors (Lipinski definition) is 1. The molecule has 0 aliphatic heterocycles. The highest BCUT2D eigenvalue weighted by Gasteiger charge is 2.14. The third-order valence-electron chi connectivity index (χ3n) is 2.48. The second-order valence-corrected chi connectivity index (χ2v) is 4.12. The zero-order chi connectivity index (χ0) is 13.0. The van der Waals surface area contributed by atoms with Gasteiger partial charge in [-0.25, -0.2) is 4.79 Å². The summed E-state index contributed by atoms with van der Waals surface area (Å²) < 4.78 is 0. The van der Waals surface area contributed by atoms with Crippen LogP contribution in [0.5, 0.6) is 0 Å². The molecule has 1 aromatic rings. The fraction of sp³-hybridized carbons (Fsp3) is 0.385. The van der Waals surface area contributed by atoms with E-state index in [0.29, 0.717) is 12.1 Å². The van der Waals surface area contributed by atoms with Crippen molar-refractivity contribution in [2.75, 3.05) is 13.6 Å². The Morgan fingerprint density at radius 1 is 1.24 bits per heavy atom. The van der Waals surface area contributed by atoms with Crippen molar-refractivity contribution in [2.24, 2.45) is 0 Å². The first kappa shape index (κ1) is 13.2. The number of hydrogen-bond acceptors (Lipinski definition) is 2. The van der Waals surface area contributed by atoms with Gasteiger partial charge in [-0.2, -0.15) is 0 Å². The minimum atomic E-state index is -1.01. The smallest absolute Gasteiger partial charge is 0.335 e. The summed E-state index contributed by atoms with van der Waals surface area (Å²) >= 11 is 0. The summed E-state index contributed by atoms with van der Waals surface area (Å²) in [6, 6.07) is 4.68. The number of carboxylic acid groups (broad SMARTS) is 1. The Kier molecular flexibility index (Phi) is 4.26. The van der Waals surface area contributed by atoms with Crippen LogP contribution in [0.15, 0.2) is 18.2 Å². The van der Waals surface area contributed by atoms with Gasteiger partial charge in [-0.15, -0.1) is 0 Å². The van der Waals surface area contributed by atoms with Crippen LogP contribution < -0.4 is 0 Å². The predicted molar refractivity (Wildman–Crippen MR) is 65.4 cm³/mol. The van der Waals surface area contributed by atoms with Crippen LogP contribution in [0.4, 0.5) is 0 Å². The molecule has 0 aromatic heterocycles. The Balaban J connectivity index is 3.05. The minimum Gasteiger partial charge on any atom is -0.478 e. The second kappa shape index (κ2) is 5.48. The number of aromatic carboxylic acids is 1. The Hall–Kier alpha value is -1.84. The van der Waals surface area contributed by atoms with Crippen molar-refractivity contribution >= 4 is 11.9 Å². The third kappa shape index (κ3) is 3.31. The molecule has 0 heterocycles. The van der Waals surface area contributed by atoms with Crippen LogP contribution in [0.3, 0.4) is 0 Å². The van der Waals surface area contributed by atoms with Gasteiger partial charge >= 0.3 is 5.97 Å². The van der Waals surface area contributed by atoms with Crippen molar-refractivity contribution in [1.29, 1.82) is 0 Å². The lowest BCUT2D eigenvalue weighted by Crippen LogP contribution is -2.27. The number of benzene rings is 1. The normalized spacial score (nSPS) is 10.1. The van der Waals surface area contributed by atoms with Gasteiger partial charge in [0.1, 0.15) is 0 Å². The molecule has 17 heavy (non-hydrogen) atoms. The lowest BCUT2D eigenvalue weighted by Gasteiger charge is -2.16. The van der Waals surface area contributed by atoms with Gasteiger partial charge in [0.05, 0.1) is 5.56 Å². The fourth-order valence-electron chi connectivity index (χ4n) is 1.69. The van der Waals surface area contributed by atoms with E-state index in [1.54, 1.807) is 31.0 Å². The van der Waals surface area contributed by atoms with Gasteiger partial charge in [0, 0.05) is 19.2 Å². The van der Waals surface area contributed by atoms with Crippen LogP contribution in [0, 0.1) is 6.92 Å². The van der Waals surface area contributed by atoms with Gasteiger partial charge in [0.25, 0.3) is 5.91 Å². The van der Waals surface area contributed by atoms with Gasteiger partial charge in [0.2, 0.25) is 0 Å². The van der Waals surface area contributed by atoms with E-state index in [1.807, 2.05) is 6.92 Å². The van der Waals surface area contributed by atoms with Gasteiger partial charge in [-0.1, -0.05) is 6.92 Å². The van der Waals surface area contributed by atoms with E-state index in [1.165, 1.54) is 6.07 Å². The van der Waals surface area contributed by atoms with E-state index < -0.39 is 5.97 Å². The van der Waals surface area contributed by atoms with Crippen molar-refractivity contribution in [1.82, 2.24) is 4.90 Å². The van der Waals surface area contributed by atoms with E-state index in [2.05, 4.69) is 0 Å². The molecule has 92 valence electrons.